The molecule has 0 saturated heterocycles. The maximum Gasteiger partial charge on any atom is 0.138 e. The lowest BCUT2D eigenvalue weighted by Gasteiger charge is -2.16. The van der Waals surface area contributed by atoms with Crippen LogP contribution >= 0.6 is 0 Å². The van der Waals surface area contributed by atoms with Gasteiger partial charge in [0.2, 0.25) is 0 Å². The molecule has 0 spiro atoms. The van der Waals surface area contributed by atoms with E-state index in [1.165, 1.54) is 103 Å². The first-order valence-corrected chi connectivity index (χ1v) is 15.3. The normalized spacial score (nSPS) is 13.2. The van der Waals surface area contributed by atoms with Gasteiger partial charge in [0, 0.05) is 24.7 Å². The van der Waals surface area contributed by atoms with Crippen LogP contribution in [0.15, 0.2) is 45.6 Å². The van der Waals surface area contributed by atoms with E-state index < -0.39 is 0 Å². The summed E-state index contributed by atoms with van der Waals surface area (Å²) in [6.45, 7) is 4.31. The minimum Gasteiger partial charge on any atom is -0.469 e. The average Bonchev–Trinajstić information content (AvgIpc) is 3.60. The van der Waals surface area contributed by atoms with Crippen LogP contribution in [-0.2, 0) is 17.6 Å². The van der Waals surface area contributed by atoms with Gasteiger partial charge < -0.3 is 8.83 Å². The molecule has 0 aromatic carbocycles. The zero-order valence-electron chi connectivity index (χ0n) is 23.5. The van der Waals surface area contributed by atoms with Gasteiger partial charge in [-0.05, 0) is 49.9 Å². The van der Waals surface area contributed by atoms with E-state index in [0.717, 1.165) is 37.2 Å². The first-order chi connectivity index (χ1) is 17.7. The second-order valence-electron chi connectivity index (χ2n) is 11.1. The molecule has 2 rings (SSSR count). The number of aryl methyl sites for hydroxylation is 2. The van der Waals surface area contributed by atoms with Crippen molar-refractivity contribution in [1.29, 1.82) is 0 Å². The first kappa shape index (κ1) is 30.5. The van der Waals surface area contributed by atoms with Gasteiger partial charge in [0.1, 0.15) is 17.3 Å². The van der Waals surface area contributed by atoms with Gasteiger partial charge >= 0.3 is 0 Å². The number of carbonyl (C=O) groups excluding carboxylic acids is 1. The molecule has 2 atom stereocenters. The summed E-state index contributed by atoms with van der Waals surface area (Å²) in [5.74, 6) is 3.22. The second-order valence-corrected chi connectivity index (χ2v) is 11.1. The zero-order chi connectivity index (χ0) is 25.7. The molecule has 0 amide bonds. The minimum absolute atomic E-state index is 0.239. The molecular formula is C33H54O3. The summed E-state index contributed by atoms with van der Waals surface area (Å²) in [6, 6.07) is 8.09. The van der Waals surface area contributed by atoms with E-state index in [1.54, 1.807) is 12.5 Å². The fourth-order valence-electron chi connectivity index (χ4n) is 5.30. The van der Waals surface area contributed by atoms with E-state index >= 15 is 0 Å². The van der Waals surface area contributed by atoms with Gasteiger partial charge in [-0.1, -0.05) is 104 Å². The molecule has 0 aliphatic heterocycles. The summed E-state index contributed by atoms with van der Waals surface area (Å²) >= 11 is 0. The summed E-state index contributed by atoms with van der Waals surface area (Å²) in [5.41, 5.74) is 0. The van der Waals surface area contributed by atoms with Gasteiger partial charge in [0.05, 0.1) is 12.5 Å². The number of hydrogen-bond donors (Lipinski definition) is 0. The van der Waals surface area contributed by atoms with Crippen molar-refractivity contribution in [3.8, 4) is 0 Å². The summed E-state index contributed by atoms with van der Waals surface area (Å²) in [6.07, 6.45) is 28.5. The SMILES string of the molecule is CC(CCCCCCCCCCc1ccco1)C(=O)C(C)CCCCCCCCCCc1ccco1. The summed E-state index contributed by atoms with van der Waals surface area (Å²) in [7, 11) is 0. The van der Waals surface area contributed by atoms with Crippen LogP contribution in [0.1, 0.15) is 141 Å². The summed E-state index contributed by atoms with van der Waals surface area (Å²) in [4.78, 5) is 12.7. The Morgan fingerprint density at radius 2 is 0.889 bits per heavy atom. The number of ketones is 1. The van der Waals surface area contributed by atoms with Crippen LogP contribution in [-0.4, -0.2) is 5.78 Å². The highest BCUT2D eigenvalue weighted by molar-refractivity contribution is 5.82. The summed E-state index contributed by atoms with van der Waals surface area (Å²) < 4.78 is 10.8. The highest BCUT2D eigenvalue weighted by atomic mass is 16.3. The Balaban J connectivity index is 1.32. The van der Waals surface area contributed by atoms with Gasteiger partial charge in [-0.15, -0.1) is 0 Å². The molecule has 3 heteroatoms. The standard InChI is InChI=1S/C33H54O3/c1-29(21-15-11-7-3-5-9-13-17-23-31-25-19-27-35-31)33(34)30(2)22-16-12-8-4-6-10-14-18-24-32-26-20-28-36-32/h19-20,25-30H,3-18,21-24H2,1-2H3. The predicted molar refractivity (Wildman–Crippen MR) is 151 cm³/mol. The Morgan fingerprint density at radius 3 is 1.22 bits per heavy atom. The molecule has 3 nitrogen and oxygen atoms in total. The highest BCUT2D eigenvalue weighted by Crippen LogP contribution is 2.21. The fraction of sp³-hybridized carbons (Fsp3) is 0.727. The molecule has 204 valence electrons. The van der Waals surface area contributed by atoms with E-state index in [-0.39, 0.29) is 11.8 Å². The molecule has 0 aliphatic carbocycles. The maximum absolute atomic E-state index is 12.7. The quantitative estimate of drug-likeness (QED) is 0.135. The maximum atomic E-state index is 12.7. The zero-order valence-corrected chi connectivity index (χ0v) is 23.5. The van der Waals surface area contributed by atoms with Crippen LogP contribution in [0.4, 0.5) is 0 Å². The molecule has 2 heterocycles. The lowest BCUT2D eigenvalue weighted by atomic mass is 9.88. The van der Waals surface area contributed by atoms with Crippen LogP contribution in [0.5, 0.6) is 0 Å². The van der Waals surface area contributed by atoms with Crippen LogP contribution in [0.3, 0.4) is 0 Å². The minimum atomic E-state index is 0.239. The largest absolute Gasteiger partial charge is 0.469 e. The second kappa shape index (κ2) is 20.3. The third-order valence-corrected chi connectivity index (χ3v) is 7.75. The molecule has 2 unspecified atom stereocenters. The van der Waals surface area contributed by atoms with Crippen molar-refractivity contribution in [1.82, 2.24) is 0 Å². The van der Waals surface area contributed by atoms with E-state index in [2.05, 4.69) is 26.0 Å². The molecule has 2 aromatic heterocycles. The molecule has 0 fully saturated rings. The number of furan rings is 2. The first-order valence-electron chi connectivity index (χ1n) is 15.3. The molecule has 0 radical (unpaired) electrons. The Bertz CT molecular complexity index is 669. The Hall–Kier alpha value is -1.77. The number of carbonyl (C=O) groups is 1. The van der Waals surface area contributed by atoms with E-state index in [1.807, 2.05) is 12.1 Å². The van der Waals surface area contributed by atoms with Crippen molar-refractivity contribution in [2.24, 2.45) is 11.8 Å². The fourth-order valence-corrected chi connectivity index (χ4v) is 5.30. The molecule has 0 bridgehead atoms. The topological polar surface area (TPSA) is 43.4 Å². The van der Waals surface area contributed by atoms with E-state index in [4.69, 9.17) is 8.83 Å². The van der Waals surface area contributed by atoms with Gasteiger partial charge in [0.25, 0.3) is 0 Å². The van der Waals surface area contributed by atoms with Crippen molar-refractivity contribution < 1.29 is 13.6 Å². The van der Waals surface area contributed by atoms with Crippen LogP contribution in [0.25, 0.3) is 0 Å². The molecule has 0 aliphatic rings. The van der Waals surface area contributed by atoms with Crippen molar-refractivity contribution in [2.45, 2.75) is 142 Å². The lowest BCUT2D eigenvalue weighted by Crippen LogP contribution is -2.19. The number of Topliss-reactive ketones (excluding diaryl/α,β-unsaturated/α-hetero) is 1. The van der Waals surface area contributed by atoms with Crippen molar-refractivity contribution in [3.63, 3.8) is 0 Å². The van der Waals surface area contributed by atoms with Crippen molar-refractivity contribution >= 4 is 5.78 Å². The Labute approximate surface area is 221 Å². The lowest BCUT2D eigenvalue weighted by molar-refractivity contribution is -0.126. The van der Waals surface area contributed by atoms with Crippen LogP contribution in [0, 0.1) is 11.8 Å². The Kier molecular flexibility index (Phi) is 17.2. The van der Waals surface area contributed by atoms with E-state index in [9.17, 15) is 4.79 Å². The smallest absolute Gasteiger partial charge is 0.138 e. The highest BCUT2D eigenvalue weighted by Gasteiger charge is 2.19. The molecular weight excluding hydrogens is 444 g/mol. The number of hydrogen-bond acceptors (Lipinski definition) is 3. The van der Waals surface area contributed by atoms with Crippen molar-refractivity contribution in [3.05, 3.63) is 48.3 Å². The van der Waals surface area contributed by atoms with E-state index in [0.29, 0.717) is 5.78 Å². The monoisotopic (exact) mass is 498 g/mol. The summed E-state index contributed by atoms with van der Waals surface area (Å²) in [5, 5.41) is 0. The van der Waals surface area contributed by atoms with Gasteiger partial charge in [-0.3, -0.25) is 4.79 Å². The van der Waals surface area contributed by atoms with Gasteiger partial charge in [0.15, 0.2) is 0 Å². The molecule has 36 heavy (non-hydrogen) atoms. The van der Waals surface area contributed by atoms with Crippen LogP contribution < -0.4 is 0 Å². The van der Waals surface area contributed by atoms with Crippen LogP contribution in [0.2, 0.25) is 0 Å². The average molecular weight is 499 g/mol. The number of rotatable bonds is 24. The molecule has 0 saturated carbocycles. The van der Waals surface area contributed by atoms with Gasteiger partial charge in [-0.2, -0.15) is 0 Å². The molecule has 0 N–H and O–H groups in total. The van der Waals surface area contributed by atoms with Crippen molar-refractivity contribution in [2.75, 3.05) is 0 Å². The molecule has 2 aromatic rings. The third kappa shape index (κ3) is 14.7. The third-order valence-electron chi connectivity index (χ3n) is 7.75. The number of unbranched alkanes of at least 4 members (excludes halogenated alkanes) is 14. The van der Waals surface area contributed by atoms with Gasteiger partial charge in [-0.25, -0.2) is 0 Å². The Morgan fingerprint density at radius 1 is 0.556 bits per heavy atom. The predicted octanol–water partition coefficient (Wildman–Crippen LogP) is 10.5.